The highest BCUT2D eigenvalue weighted by atomic mass is 16.5. The van der Waals surface area contributed by atoms with E-state index in [4.69, 9.17) is 4.74 Å². The molecule has 17 heavy (non-hydrogen) atoms. The summed E-state index contributed by atoms with van der Waals surface area (Å²) in [6.45, 7) is 4.97. The van der Waals surface area contributed by atoms with E-state index in [1.54, 1.807) is 0 Å². The molecule has 0 radical (unpaired) electrons. The van der Waals surface area contributed by atoms with Crippen molar-refractivity contribution in [3.63, 3.8) is 0 Å². The summed E-state index contributed by atoms with van der Waals surface area (Å²) in [6, 6.07) is 0. The molecule has 1 atom stereocenters. The third kappa shape index (κ3) is 5.04. The second-order valence-electron chi connectivity index (χ2n) is 4.90. The van der Waals surface area contributed by atoms with Gasteiger partial charge >= 0.3 is 0 Å². The van der Waals surface area contributed by atoms with Crippen LogP contribution in [-0.2, 0) is 9.53 Å². The zero-order valence-corrected chi connectivity index (χ0v) is 11.0. The van der Waals surface area contributed by atoms with Gasteiger partial charge in [-0.15, -0.1) is 0 Å². The van der Waals surface area contributed by atoms with Crippen molar-refractivity contribution in [1.82, 2.24) is 5.32 Å². The van der Waals surface area contributed by atoms with Gasteiger partial charge in [-0.2, -0.15) is 0 Å². The molecular formula is C13H25NO3. The predicted molar refractivity (Wildman–Crippen MR) is 66.7 cm³/mol. The molecule has 1 saturated heterocycles. The zero-order chi connectivity index (χ0) is 12.7. The average molecular weight is 243 g/mol. The largest absolute Gasteiger partial charge is 0.388 e. The minimum atomic E-state index is -0.761. The molecule has 100 valence electrons. The molecule has 1 aliphatic rings. The van der Waals surface area contributed by atoms with Crippen molar-refractivity contribution in [2.75, 3.05) is 13.2 Å². The maximum absolute atomic E-state index is 11.7. The summed E-state index contributed by atoms with van der Waals surface area (Å²) in [5.41, 5.74) is -0.761. The molecule has 0 aliphatic carbocycles. The van der Waals surface area contributed by atoms with E-state index >= 15 is 0 Å². The Bertz CT molecular complexity index is 233. The first kappa shape index (κ1) is 14.5. The molecule has 0 bridgehead atoms. The van der Waals surface area contributed by atoms with Crippen LogP contribution in [0.1, 0.15) is 52.4 Å². The highest BCUT2D eigenvalue weighted by molar-refractivity contribution is 5.76. The molecule has 4 heteroatoms. The normalized spacial score (nSPS) is 21.2. The Labute approximate surface area is 104 Å². The molecule has 0 aromatic carbocycles. The number of amides is 1. The summed E-state index contributed by atoms with van der Waals surface area (Å²) >= 11 is 0. The number of carbonyl (C=O) groups is 1. The van der Waals surface area contributed by atoms with E-state index in [0.29, 0.717) is 25.8 Å². The van der Waals surface area contributed by atoms with E-state index in [-0.39, 0.29) is 12.0 Å². The van der Waals surface area contributed by atoms with Gasteiger partial charge in [0, 0.05) is 13.2 Å². The van der Waals surface area contributed by atoms with E-state index in [2.05, 4.69) is 5.32 Å². The minimum Gasteiger partial charge on any atom is -0.388 e. The average Bonchev–Trinajstić information content (AvgIpc) is 2.37. The molecule has 0 saturated carbocycles. The Morgan fingerprint density at radius 3 is 2.65 bits per heavy atom. The number of aliphatic hydroxyl groups is 1. The number of nitrogens with one attached hydrogen (secondary N) is 1. The summed E-state index contributed by atoms with van der Waals surface area (Å²) in [7, 11) is 0. The van der Waals surface area contributed by atoms with Crippen LogP contribution in [0.2, 0.25) is 0 Å². The van der Waals surface area contributed by atoms with Crippen LogP contribution < -0.4 is 5.32 Å². The van der Waals surface area contributed by atoms with Gasteiger partial charge in [-0.25, -0.2) is 0 Å². The van der Waals surface area contributed by atoms with E-state index in [9.17, 15) is 9.90 Å². The molecule has 0 spiro atoms. The lowest BCUT2D eigenvalue weighted by atomic mass is 9.97. The van der Waals surface area contributed by atoms with Crippen molar-refractivity contribution in [2.45, 2.75) is 64.1 Å². The molecule has 1 unspecified atom stereocenters. The van der Waals surface area contributed by atoms with Crippen LogP contribution in [0.3, 0.4) is 0 Å². The van der Waals surface area contributed by atoms with E-state index in [0.717, 1.165) is 25.9 Å². The standard InChI is InChI=1S/C13H25NO3/c1-3-13(16,4-2)10-14-12(15)9-11-7-5-6-8-17-11/h11,16H,3-10H2,1-2H3,(H,14,15). The molecular weight excluding hydrogens is 218 g/mol. The molecule has 4 nitrogen and oxygen atoms in total. The fourth-order valence-electron chi connectivity index (χ4n) is 2.01. The van der Waals surface area contributed by atoms with Crippen LogP contribution in [0, 0.1) is 0 Å². The molecule has 1 rings (SSSR count). The minimum absolute atomic E-state index is 0.0165. The van der Waals surface area contributed by atoms with Gasteiger partial charge in [0.2, 0.25) is 5.91 Å². The highest BCUT2D eigenvalue weighted by Crippen LogP contribution is 2.16. The summed E-state index contributed by atoms with van der Waals surface area (Å²) in [5.74, 6) is -0.0165. The Kier molecular flexibility index (Phi) is 5.92. The number of carbonyl (C=O) groups excluding carboxylic acids is 1. The Balaban J connectivity index is 2.24. The third-order valence-corrected chi connectivity index (χ3v) is 3.62. The molecule has 0 aromatic heterocycles. The van der Waals surface area contributed by atoms with Gasteiger partial charge in [-0.1, -0.05) is 13.8 Å². The van der Waals surface area contributed by atoms with Gasteiger partial charge in [0.1, 0.15) is 0 Å². The molecule has 1 aliphatic heterocycles. The van der Waals surface area contributed by atoms with Crippen LogP contribution in [0.4, 0.5) is 0 Å². The van der Waals surface area contributed by atoms with E-state index in [1.807, 2.05) is 13.8 Å². The second-order valence-corrected chi connectivity index (χ2v) is 4.90. The summed E-state index contributed by atoms with van der Waals surface area (Å²) in [6.07, 6.45) is 5.02. The van der Waals surface area contributed by atoms with Crippen LogP contribution >= 0.6 is 0 Å². The van der Waals surface area contributed by atoms with Gasteiger partial charge in [0.15, 0.2) is 0 Å². The number of rotatable bonds is 6. The van der Waals surface area contributed by atoms with Gasteiger partial charge in [-0.05, 0) is 32.1 Å². The molecule has 0 aromatic rings. The maximum Gasteiger partial charge on any atom is 0.222 e. The third-order valence-electron chi connectivity index (χ3n) is 3.62. The Hall–Kier alpha value is -0.610. The van der Waals surface area contributed by atoms with Crippen molar-refractivity contribution >= 4 is 5.91 Å². The van der Waals surface area contributed by atoms with Crippen molar-refractivity contribution < 1.29 is 14.6 Å². The maximum atomic E-state index is 11.7. The monoisotopic (exact) mass is 243 g/mol. The number of hydrogen-bond acceptors (Lipinski definition) is 3. The molecule has 1 heterocycles. The summed E-state index contributed by atoms with van der Waals surface area (Å²) in [4.78, 5) is 11.7. The number of ether oxygens (including phenoxy) is 1. The van der Waals surface area contributed by atoms with Crippen LogP contribution in [0.15, 0.2) is 0 Å². The van der Waals surface area contributed by atoms with Crippen molar-refractivity contribution in [1.29, 1.82) is 0 Å². The fourth-order valence-corrected chi connectivity index (χ4v) is 2.01. The first-order chi connectivity index (χ1) is 8.09. The lowest BCUT2D eigenvalue weighted by molar-refractivity contribution is -0.126. The molecule has 1 fully saturated rings. The van der Waals surface area contributed by atoms with Crippen LogP contribution in [0.5, 0.6) is 0 Å². The van der Waals surface area contributed by atoms with Crippen molar-refractivity contribution in [2.24, 2.45) is 0 Å². The van der Waals surface area contributed by atoms with Crippen LogP contribution in [0.25, 0.3) is 0 Å². The molecule has 2 N–H and O–H groups in total. The van der Waals surface area contributed by atoms with E-state index < -0.39 is 5.60 Å². The van der Waals surface area contributed by atoms with Gasteiger partial charge < -0.3 is 15.2 Å². The molecule has 1 amide bonds. The topological polar surface area (TPSA) is 58.6 Å². The van der Waals surface area contributed by atoms with Gasteiger partial charge in [-0.3, -0.25) is 4.79 Å². The summed E-state index contributed by atoms with van der Waals surface area (Å²) in [5, 5.41) is 12.8. The second kappa shape index (κ2) is 6.97. The lowest BCUT2D eigenvalue weighted by Gasteiger charge is -2.26. The van der Waals surface area contributed by atoms with Gasteiger partial charge in [0.05, 0.1) is 18.1 Å². The zero-order valence-electron chi connectivity index (χ0n) is 11.0. The first-order valence-corrected chi connectivity index (χ1v) is 6.70. The highest BCUT2D eigenvalue weighted by Gasteiger charge is 2.24. The van der Waals surface area contributed by atoms with E-state index in [1.165, 1.54) is 0 Å². The van der Waals surface area contributed by atoms with Crippen LogP contribution in [-0.4, -0.2) is 35.9 Å². The Morgan fingerprint density at radius 1 is 1.41 bits per heavy atom. The SMILES string of the molecule is CCC(O)(CC)CNC(=O)CC1CCCCO1. The van der Waals surface area contributed by atoms with Crippen molar-refractivity contribution in [3.05, 3.63) is 0 Å². The summed E-state index contributed by atoms with van der Waals surface area (Å²) < 4.78 is 5.51. The number of hydrogen-bond donors (Lipinski definition) is 2. The predicted octanol–water partition coefficient (Wildman–Crippen LogP) is 1.61. The van der Waals surface area contributed by atoms with Crippen molar-refractivity contribution in [3.8, 4) is 0 Å². The fraction of sp³-hybridized carbons (Fsp3) is 0.923. The smallest absolute Gasteiger partial charge is 0.222 e. The first-order valence-electron chi connectivity index (χ1n) is 6.70. The lowest BCUT2D eigenvalue weighted by Crippen LogP contribution is -2.43. The van der Waals surface area contributed by atoms with Gasteiger partial charge in [0.25, 0.3) is 0 Å². The Morgan fingerprint density at radius 2 is 2.12 bits per heavy atom. The quantitative estimate of drug-likeness (QED) is 0.745.